The molecule has 0 bridgehead atoms. The summed E-state index contributed by atoms with van der Waals surface area (Å²) >= 11 is 18.9. The largest absolute Gasteiger partial charge is 0.472 e. The van der Waals surface area contributed by atoms with Gasteiger partial charge in [0.05, 0.1) is 35.0 Å². The predicted molar refractivity (Wildman–Crippen MR) is 154 cm³/mol. The molecule has 2 N–H and O–H groups in total. The number of methoxy groups -OCH3 is 1. The maximum atomic E-state index is 12.8. The zero-order valence-corrected chi connectivity index (χ0v) is 23.8. The van der Waals surface area contributed by atoms with Crippen LogP contribution in [0.3, 0.4) is 0 Å². The quantitative estimate of drug-likeness (QED) is 0.106. The van der Waals surface area contributed by atoms with Crippen LogP contribution in [0.25, 0.3) is 11.3 Å². The van der Waals surface area contributed by atoms with Crippen LogP contribution in [0.15, 0.2) is 79.1 Å². The lowest BCUT2D eigenvalue weighted by Gasteiger charge is -2.25. The van der Waals surface area contributed by atoms with Crippen LogP contribution < -0.4 is 0 Å². The van der Waals surface area contributed by atoms with E-state index in [4.69, 9.17) is 54.5 Å². The molecule has 0 spiro atoms. The number of rotatable bonds is 12. The second-order valence-corrected chi connectivity index (χ2v) is 9.96. The van der Waals surface area contributed by atoms with Crippen LogP contribution in [0.2, 0.25) is 15.1 Å². The Hall–Kier alpha value is -3.07. The zero-order chi connectivity index (χ0) is 28.6. The van der Waals surface area contributed by atoms with Crippen molar-refractivity contribution in [1.29, 1.82) is 0 Å². The van der Waals surface area contributed by atoms with Gasteiger partial charge in [0.1, 0.15) is 0 Å². The molecule has 0 amide bonds. The number of halogens is 3. The predicted octanol–water partition coefficient (Wildman–Crippen LogP) is 6.66. The van der Waals surface area contributed by atoms with Crippen LogP contribution in [0.1, 0.15) is 36.7 Å². The van der Waals surface area contributed by atoms with Gasteiger partial charge in [0.25, 0.3) is 0 Å². The maximum absolute atomic E-state index is 12.8. The summed E-state index contributed by atoms with van der Waals surface area (Å²) in [6.45, 7) is 5.23. The Morgan fingerprint density at radius 2 is 1.87 bits per heavy atom. The molecule has 3 rings (SSSR count). The lowest BCUT2D eigenvalue weighted by Crippen LogP contribution is -2.39. The van der Waals surface area contributed by atoms with Crippen LogP contribution >= 0.6 is 34.8 Å². The van der Waals surface area contributed by atoms with Gasteiger partial charge < -0.3 is 19.7 Å². The summed E-state index contributed by atoms with van der Waals surface area (Å²) in [6, 6.07) is 13.2. The van der Waals surface area contributed by atoms with Crippen LogP contribution in [0.4, 0.5) is 0 Å². The van der Waals surface area contributed by atoms with E-state index < -0.39 is 18.4 Å². The summed E-state index contributed by atoms with van der Waals surface area (Å²) in [4.78, 5) is 12.8. The van der Waals surface area contributed by atoms with Crippen molar-refractivity contribution in [3.8, 4) is 5.69 Å². The summed E-state index contributed by atoms with van der Waals surface area (Å²) in [5.41, 5.74) is 0.749. The van der Waals surface area contributed by atoms with Crippen LogP contribution in [-0.2, 0) is 26.3 Å². The summed E-state index contributed by atoms with van der Waals surface area (Å²) in [7, 11) is 1.21. The van der Waals surface area contributed by atoms with Gasteiger partial charge in [-0.2, -0.15) is 5.10 Å². The molecule has 1 heterocycles. The lowest BCUT2D eigenvalue weighted by atomic mass is 9.89. The van der Waals surface area contributed by atoms with Crippen molar-refractivity contribution in [2.75, 3.05) is 13.9 Å². The Labute approximate surface area is 242 Å². The molecular weight excluding hydrogens is 563 g/mol. The molecule has 0 radical (unpaired) electrons. The van der Waals surface area contributed by atoms with E-state index >= 15 is 0 Å². The molecule has 39 heavy (non-hydrogen) atoms. The van der Waals surface area contributed by atoms with E-state index in [1.165, 1.54) is 13.2 Å². The van der Waals surface area contributed by atoms with E-state index in [1.54, 1.807) is 47.1 Å². The monoisotopic (exact) mass is 590 g/mol. The molecule has 0 saturated heterocycles. The molecule has 0 saturated carbocycles. The summed E-state index contributed by atoms with van der Waals surface area (Å²) in [6.07, 6.45) is 6.71. The van der Waals surface area contributed by atoms with Gasteiger partial charge in [-0.25, -0.2) is 9.48 Å². The number of benzene rings is 2. The van der Waals surface area contributed by atoms with Crippen molar-refractivity contribution < 1.29 is 24.5 Å². The average molecular weight is 592 g/mol. The molecule has 10 heteroatoms. The van der Waals surface area contributed by atoms with E-state index in [2.05, 4.69) is 6.58 Å². The highest BCUT2D eigenvalue weighted by atomic mass is 35.5. The molecule has 3 aromatic rings. The molecule has 206 valence electrons. The van der Waals surface area contributed by atoms with E-state index in [0.29, 0.717) is 50.7 Å². The SMILES string of the molecule is C=C(C/C=C\C/C=C(\C)c1cc(CC(O)(C(=O)OC)c2cccc(Cl)c2)nn1-c1cc(Cl)ccc1Cl)OCO. The third kappa shape index (κ3) is 7.75. The van der Waals surface area contributed by atoms with Gasteiger partial charge in [-0.3, -0.25) is 0 Å². The third-order valence-electron chi connectivity index (χ3n) is 5.90. The zero-order valence-electron chi connectivity index (χ0n) is 21.5. The number of nitrogens with zero attached hydrogens (tertiary/aromatic N) is 2. The van der Waals surface area contributed by atoms with Crippen molar-refractivity contribution >= 4 is 46.3 Å². The molecule has 0 aliphatic rings. The molecular formula is C29H29Cl3N2O5. The van der Waals surface area contributed by atoms with Crippen LogP contribution in [0, 0.1) is 0 Å². The number of esters is 1. The van der Waals surface area contributed by atoms with Crippen LogP contribution in [0.5, 0.6) is 0 Å². The number of carbonyl (C=O) groups excluding carboxylic acids is 1. The number of aromatic nitrogens is 2. The van der Waals surface area contributed by atoms with Crippen molar-refractivity contribution in [2.24, 2.45) is 0 Å². The van der Waals surface area contributed by atoms with Gasteiger partial charge in [-0.15, -0.1) is 0 Å². The number of aliphatic hydroxyl groups excluding tert-OH is 1. The minimum Gasteiger partial charge on any atom is -0.472 e. The lowest BCUT2D eigenvalue weighted by molar-refractivity contribution is -0.163. The molecule has 1 unspecified atom stereocenters. The molecule has 0 aliphatic carbocycles. The number of allylic oxidation sites excluding steroid dienone is 4. The van der Waals surface area contributed by atoms with Gasteiger partial charge in [-0.05, 0) is 60.9 Å². The number of carbonyl (C=O) groups is 1. The van der Waals surface area contributed by atoms with Crippen molar-refractivity contribution in [2.45, 2.75) is 31.8 Å². The number of aliphatic hydroxyl groups is 2. The van der Waals surface area contributed by atoms with E-state index in [0.717, 1.165) is 5.57 Å². The summed E-state index contributed by atoms with van der Waals surface area (Å²) in [5, 5.41) is 26.3. The Bertz CT molecular complexity index is 1400. The van der Waals surface area contributed by atoms with Crippen molar-refractivity contribution in [3.05, 3.63) is 111 Å². The first-order valence-electron chi connectivity index (χ1n) is 11.9. The third-order valence-corrected chi connectivity index (χ3v) is 6.69. The van der Waals surface area contributed by atoms with E-state index in [-0.39, 0.29) is 12.0 Å². The van der Waals surface area contributed by atoms with Crippen molar-refractivity contribution in [3.63, 3.8) is 0 Å². The normalized spacial score (nSPS) is 13.4. The Balaban J connectivity index is 2.02. The molecule has 0 fully saturated rings. The highest BCUT2D eigenvalue weighted by Crippen LogP contribution is 2.32. The fraction of sp³-hybridized carbons (Fsp3) is 0.241. The fourth-order valence-corrected chi connectivity index (χ4v) is 4.46. The Kier molecular flexibility index (Phi) is 10.8. The smallest absolute Gasteiger partial charge is 0.342 e. The van der Waals surface area contributed by atoms with Gasteiger partial charge in [0.2, 0.25) is 0 Å². The standard InChI is InChI=1S/C29H29Cl3N2O5/c1-19(8-5-4-6-9-20(2)39-18-35)26-16-24(33-34(26)27-15-23(31)12-13-25(27)32)17-29(37,28(36)38-3)21-10-7-11-22(30)14-21/h4,6-8,10-16,35,37H,2,5,9,17-18H2,1,3H3/b6-4-,19-8+. The fourth-order valence-electron chi connectivity index (χ4n) is 3.91. The highest BCUT2D eigenvalue weighted by molar-refractivity contribution is 6.34. The summed E-state index contributed by atoms with van der Waals surface area (Å²) < 4.78 is 11.5. The summed E-state index contributed by atoms with van der Waals surface area (Å²) in [5.74, 6) is -0.378. The van der Waals surface area contributed by atoms with Gasteiger partial charge in [-0.1, -0.05) is 71.7 Å². The average Bonchev–Trinajstić information content (AvgIpc) is 3.32. The minimum absolute atomic E-state index is 0.182. The van der Waals surface area contributed by atoms with Crippen LogP contribution in [-0.4, -0.2) is 39.9 Å². The Morgan fingerprint density at radius 3 is 2.56 bits per heavy atom. The highest BCUT2D eigenvalue weighted by Gasteiger charge is 2.40. The van der Waals surface area contributed by atoms with Gasteiger partial charge >= 0.3 is 5.97 Å². The topological polar surface area (TPSA) is 93.8 Å². The van der Waals surface area contributed by atoms with Gasteiger partial charge in [0.15, 0.2) is 12.4 Å². The minimum atomic E-state index is -2.03. The Morgan fingerprint density at radius 1 is 1.13 bits per heavy atom. The number of hydrogen-bond donors (Lipinski definition) is 2. The second kappa shape index (κ2) is 13.8. The van der Waals surface area contributed by atoms with Gasteiger partial charge in [0, 0.05) is 22.9 Å². The second-order valence-electron chi connectivity index (χ2n) is 8.68. The first-order valence-corrected chi connectivity index (χ1v) is 13.1. The molecule has 2 aromatic carbocycles. The first kappa shape index (κ1) is 30.5. The number of hydrogen-bond acceptors (Lipinski definition) is 6. The number of ether oxygens (including phenoxy) is 2. The first-order chi connectivity index (χ1) is 18.6. The van der Waals surface area contributed by atoms with Crippen molar-refractivity contribution in [1.82, 2.24) is 9.78 Å². The van der Waals surface area contributed by atoms with E-state index in [1.807, 2.05) is 25.2 Å². The maximum Gasteiger partial charge on any atom is 0.342 e. The molecule has 0 aliphatic heterocycles. The molecule has 1 aromatic heterocycles. The molecule has 1 atom stereocenters. The van der Waals surface area contributed by atoms with E-state index in [9.17, 15) is 9.90 Å². The molecule has 7 nitrogen and oxygen atoms in total.